The Morgan fingerprint density at radius 3 is 1.23 bits per heavy atom. The minimum atomic E-state index is -3.51. The molecule has 6 aromatic rings. The van der Waals surface area contributed by atoms with Gasteiger partial charge in [-0.1, -0.05) is 152 Å². The average molecular weight is 757 g/mol. The third kappa shape index (κ3) is 10.5. The van der Waals surface area contributed by atoms with Gasteiger partial charge in [-0.25, -0.2) is 8.78 Å². The van der Waals surface area contributed by atoms with Gasteiger partial charge in [-0.2, -0.15) is 0 Å². The lowest BCUT2D eigenvalue weighted by Gasteiger charge is -2.50. The van der Waals surface area contributed by atoms with Crippen LogP contribution in [-0.4, -0.2) is 36.9 Å². The van der Waals surface area contributed by atoms with Crippen LogP contribution in [0.5, 0.6) is 11.5 Å². The van der Waals surface area contributed by atoms with E-state index >= 15 is 8.78 Å². The summed E-state index contributed by atoms with van der Waals surface area (Å²) >= 11 is 0. The number of halogens is 2. The van der Waals surface area contributed by atoms with Crippen molar-refractivity contribution >= 4 is 0 Å². The second-order valence-corrected chi connectivity index (χ2v) is 13.8. The Morgan fingerprint density at radius 2 is 0.768 bits per heavy atom. The van der Waals surface area contributed by atoms with Crippen molar-refractivity contribution in [2.45, 2.75) is 63.4 Å². The van der Waals surface area contributed by atoms with E-state index in [1.165, 1.54) is 0 Å². The molecule has 1 aliphatic rings. The van der Waals surface area contributed by atoms with Crippen LogP contribution in [0, 0.1) is 5.92 Å². The lowest BCUT2D eigenvalue weighted by atomic mass is 9.77. The van der Waals surface area contributed by atoms with Gasteiger partial charge in [0, 0.05) is 0 Å². The van der Waals surface area contributed by atoms with Gasteiger partial charge in [-0.15, -0.1) is 0 Å². The summed E-state index contributed by atoms with van der Waals surface area (Å²) < 4.78 is 73.3. The Hall–Kier alpha value is -5.38. The first kappa shape index (κ1) is 38.9. The van der Waals surface area contributed by atoms with Gasteiger partial charge in [0.15, 0.2) is 6.10 Å². The summed E-state index contributed by atoms with van der Waals surface area (Å²) in [4.78, 5) is 0. The topological polar surface area (TPSA) is 55.4 Å². The molecule has 0 bridgehead atoms. The molecule has 1 fully saturated rings. The van der Waals surface area contributed by atoms with Gasteiger partial charge < -0.3 is 28.4 Å². The van der Waals surface area contributed by atoms with Crippen LogP contribution < -0.4 is 9.47 Å². The average Bonchev–Trinajstić information content (AvgIpc) is 3.25. The third-order valence-corrected chi connectivity index (χ3v) is 9.82. The summed E-state index contributed by atoms with van der Waals surface area (Å²) in [5.74, 6) is -4.15. The minimum absolute atomic E-state index is 0.0550. The van der Waals surface area contributed by atoms with Crippen molar-refractivity contribution in [1.29, 1.82) is 0 Å². The molecule has 1 saturated carbocycles. The summed E-state index contributed by atoms with van der Waals surface area (Å²) in [6.45, 7) is 0.489. The second-order valence-electron chi connectivity index (χ2n) is 13.8. The highest BCUT2D eigenvalue weighted by molar-refractivity contribution is 5.32. The molecule has 288 valence electrons. The van der Waals surface area contributed by atoms with E-state index in [4.69, 9.17) is 28.4 Å². The first-order chi connectivity index (χ1) is 27.5. The molecule has 56 heavy (non-hydrogen) atoms. The number of rotatable bonds is 18. The molecule has 0 radical (unpaired) electrons. The van der Waals surface area contributed by atoms with Crippen LogP contribution in [0.15, 0.2) is 176 Å². The van der Waals surface area contributed by atoms with Crippen LogP contribution in [0.3, 0.4) is 0 Å². The Bertz CT molecular complexity index is 2000. The molecule has 7 rings (SSSR count). The molecule has 0 N–H and O–H groups in total. The van der Waals surface area contributed by atoms with Crippen LogP contribution >= 0.6 is 0 Å². The second kappa shape index (κ2) is 19.5. The highest BCUT2D eigenvalue weighted by Gasteiger charge is 2.64. The van der Waals surface area contributed by atoms with Crippen molar-refractivity contribution in [3.63, 3.8) is 0 Å². The lowest BCUT2D eigenvalue weighted by Crippen LogP contribution is -2.68. The quantitative estimate of drug-likeness (QED) is 0.0871. The molecule has 5 unspecified atom stereocenters. The largest absolute Gasteiger partial charge is 0.489 e. The molecule has 1 aliphatic carbocycles. The fourth-order valence-electron chi connectivity index (χ4n) is 6.85. The fraction of sp³-hybridized carbons (Fsp3) is 0.250. The number of hydrogen-bond donors (Lipinski definition) is 0. The Morgan fingerprint density at radius 1 is 0.393 bits per heavy atom. The fourth-order valence-corrected chi connectivity index (χ4v) is 6.85. The summed E-state index contributed by atoms with van der Waals surface area (Å²) in [6.07, 6.45) is -5.15. The molecular weight excluding hydrogens is 711 g/mol. The van der Waals surface area contributed by atoms with Gasteiger partial charge in [-0.05, 0) is 52.1 Å². The monoisotopic (exact) mass is 756 g/mol. The molecule has 6 nitrogen and oxygen atoms in total. The van der Waals surface area contributed by atoms with Gasteiger partial charge in [-0.3, -0.25) is 0 Å². The van der Waals surface area contributed by atoms with Crippen molar-refractivity contribution in [3.8, 4) is 11.5 Å². The highest BCUT2D eigenvalue weighted by atomic mass is 19.3. The van der Waals surface area contributed by atoms with Gasteiger partial charge in [0.1, 0.15) is 30.3 Å². The standard InChI is InChI=1S/C48H46F2O6/c49-48(50)43(35-51-30-36-16-6-1-7-17-36)44(53-32-38-20-10-3-11-21-38)45(54-33-39-22-12-4-13-23-39)46(55-34-40-24-14-5-15-25-40)47(48)56-42-28-26-41(27-29-42)52-31-37-18-8-2-9-19-37/h1-29,43-47H,30-35H2. The Balaban J connectivity index is 1.22. The summed E-state index contributed by atoms with van der Waals surface area (Å²) in [5.41, 5.74) is 4.44. The van der Waals surface area contributed by atoms with E-state index in [1.54, 1.807) is 24.3 Å². The van der Waals surface area contributed by atoms with Crippen LogP contribution in [-0.2, 0) is 52.0 Å². The van der Waals surface area contributed by atoms with E-state index in [2.05, 4.69) is 0 Å². The van der Waals surface area contributed by atoms with Gasteiger partial charge in [0.25, 0.3) is 5.92 Å². The van der Waals surface area contributed by atoms with Crippen LogP contribution in [0.25, 0.3) is 0 Å². The number of hydrogen-bond acceptors (Lipinski definition) is 6. The number of benzene rings is 6. The van der Waals surface area contributed by atoms with Crippen LogP contribution in [0.2, 0.25) is 0 Å². The molecule has 0 saturated heterocycles. The Labute approximate surface area is 327 Å². The zero-order chi connectivity index (χ0) is 38.4. The molecule has 0 amide bonds. The van der Waals surface area contributed by atoms with Crippen molar-refractivity contribution in [3.05, 3.63) is 204 Å². The first-order valence-corrected chi connectivity index (χ1v) is 18.9. The molecule has 0 aliphatic heterocycles. The predicted octanol–water partition coefficient (Wildman–Crippen LogP) is 10.3. The van der Waals surface area contributed by atoms with Crippen molar-refractivity contribution < 1.29 is 37.2 Å². The number of alkyl halides is 2. The zero-order valence-corrected chi connectivity index (χ0v) is 31.1. The molecule has 6 aromatic carbocycles. The summed E-state index contributed by atoms with van der Waals surface area (Å²) in [5, 5.41) is 0. The van der Waals surface area contributed by atoms with Crippen molar-refractivity contribution in [2.24, 2.45) is 5.92 Å². The first-order valence-electron chi connectivity index (χ1n) is 18.9. The van der Waals surface area contributed by atoms with Crippen molar-refractivity contribution in [1.82, 2.24) is 0 Å². The molecule has 8 heteroatoms. The highest BCUT2D eigenvalue weighted by Crippen LogP contribution is 2.46. The normalized spacial score (nSPS) is 20.3. The number of ether oxygens (including phenoxy) is 6. The van der Waals surface area contributed by atoms with Gasteiger partial charge in [0.2, 0.25) is 0 Å². The maximum Gasteiger partial charge on any atom is 0.294 e. The van der Waals surface area contributed by atoms with E-state index in [1.807, 2.05) is 152 Å². The van der Waals surface area contributed by atoms with E-state index in [-0.39, 0.29) is 38.8 Å². The summed E-state index contributed by atoms with van der Waals surface area (Å²) in [6, 6.07) is 54.6. The Kier molecular flexibility index (Phi) is 13.5. The van der Waals surface area contributed by atoms with E-state index in [0.717, 1.165) is 27.8 Å². The van der Waals surface area contributed by atoms with Crippen LogP contribution in [0.4, 0.5) is 8.78 Å². The lowest BCUT2D eigenvalue weighted by molar-refractivity contribution is -0.298. The van der Waals surface area contributed by atoms with Crippen molar-refractivity contribution in [2.75, 3.05) is 6.61 Å². The maximum atomic E-state index is 17.6. The van der Waals surface area contributed by atoms with Gasteiger partial charge in [0.05, 0.1) is 45.1 Å². The molecule has 0 aromatic heterocycles. The molecule has 0 spiro atoms. The SMILES string of the molecule is FC1(F)C(COCc2ccccc2)C(OCc2ccccc2)C(OCc2ccccc2)C(OCc2ccccc2)C1Oc1ccc(OCc2ccccc2)cc1. The molecule has 0 heterocycles. The minimum Gasteiger partial charge on any atom is -0.489 e. The third-order valence-electron chi connectivity index (χ3n) is 9.82. The molecular formula is C48H46F2O6. The zero-order valence-electron chi connectivity index (χ0n) is 31.1. The van der Waals surface area contributed by atoms with E-state index in [9.17, 15) is 0 Å². The predicted molar refractivity (Wildman–Crippen MR) is 211 cm³/mol. The van der Waals surface area contributed by atoms with Gasteiger partial charge >= 0.3 is 0 Å². The van der Waals surface area contributed by atoms with E-state index in [0.29, 0.717) is 12.4 Å². The van der Waals surface area contributed by atoms with Crippen LogP contribution in [0.1, 0.15) is 27.8 Å². The molecule has 5 atom stereocenters. The smallest absolute Gasteiger partial charge is 0.294 e. The summed E-state index contributed by atoms with van der Waals surface area (Å²) in [7, 11) is 0. The van der Waals surface area contributed by atoms with E-state index < -0.39 is 36.3 Å². The maximum absolute atomic E-state index is 17.6.